The fourth-order valence-electron chi connectivity index (χ4n) is 3.17. The summed E-state index contributed by atoms with van der Waals surface area (Å²) in [7, 11) is 0. The van der Waals surface area contributed by atoms with Crippen molar-refractivity contribution in [3.05, 3.63) is 40.4 Å². The van der Waals surface area contributed by atoms with E-state index in [1.54, 1.807) is 0 Å². The third-order valence-electron chi connectivity index (χ3n) is 4.40. The van der Waals surface area contributed by atoms with Crippen LogP contribution in [-0.4, -0.2) is 41.0 Å². The Morgan fingerprint density at radius 3 is 2.91 bits per heavy atom. The van der Waals surface area contributed by atoms with E-state index >= 15 is 0 Å². The van der Waals surface area contributed by atoms with E-state index in [1.807, 2.05) is 24.3 Å². The number of hydrogen-bond acceptors (Lipinski definition) is 4. The molecule has 3 rings (SSSR count). The lowest BCUT2D eigenvalue weighted by atomic mass is 9.99. The summed E-state index contributed by atoms with van der Waals surface area (Å²) in [5, 5.41) is 4.12. The second kappa shape index (κ2) is 8.43. The highest BCUT2D eigenvalue weighted by atomic mass is 35.5. The Labute approximate surface area is 142 Å². The summed E-state index contributed by atoms with van der Waals surface area (Å²) >= 11 is 0. The lowest BCUT2D eigenvalue weighted by Gasteiger charge is -2.29. The standard InChI is InChI=1S/C17H24N4O.ClH/c1-2-21(11-13-6-5-9-18-10-13)12-16-19-15-8-4-3-7-14(15)17(22)20-16;/h3-4,7-8,13,18H,2,5-6,9-12H2,1H3,(H,19,20,22);1H. The number of hydrogen-bond donors (Lipinski definition) is 2. The summed E-state index contributed by atoms with van der Waals surface area (Å²) in [6, 6.07) is 7.50. The maximum atomic E-state index is 12.1. The molecule has 126 valence electrons. The van der Waals surface area contributed by atoms with Gasteiger partial charge >= 0.3 is 0 Å². The van der Waals surface area contributed by atoms with Crippen LogP contribution in [0.15, 0.2) is 29.1 Å². The number of aromatic nitrogens is 2. The molecule has 1 fully saturated rings. The van der Waals surface area contributed by atoms with Crippen LogP contribution >= 0.6 is 12.4 Å². The predicted octanol–water partition coefficient (Wildman–Crippen LogP) is 2.17. The number of H-pyrrole nitrogens is 1. The summed E-state index contributed by atoms with van der Waals surface area (Å²) in [6.45, 7) is 7.12. The Morgan fingerprint density at radius 1 is 1.35 bits per heavy atom. The van der Waals surface area contributed by atoms with Gasteiger partial charge in [0.15, 0.2) is 0 Å². The van der Waals surface area contributed by atoms with Crippen LogP contribution in [0.2, 0.25) is 0 Å². The first-order valence-corrected chi connectivity index (χ1v) is 8.17. The average Bonchev–Trinajstić information content (AvgIpc) is 2.55. The van der Waals surface area contributed by atoms with Crippen LogP contribution in [-0.2, 0) is 6.54 Å². The van der Waals surface area contributed by atoms with E-state index in [9.17, 15) is 4.79 Å². The molecule has 2 N–H and O–H groups in total. The van der Waals surface area contributed by atoms with Crippen molar-refractivity contribution < 1.29 is 0 Å². The van der Waals surface area contributed by atoms with E-state index in [0.717, 1.165) is 37.5 Å². The zero-order valence-corrected chi connectivity index (χ0v) is 14.4. The zero-order chi connectivity index (χ0) is 15.4. The molecule has 1 saturated heterocycles. The fraction of sp³-hybridized carbons (Fsp3) is 0.529. The minimum atomic E-state index is -0.0454. The van der Waals surface area contributed by atoms with Gasteiger partial charge in [0.25, 0.3) is 5.56 Å². The average molecular weight is 337 g/mol. The summed E-state index contributed by atoms with van der Waals surface area (Å²) < 4.78 is 0. The minimum Gasteiger partial charge on any atom is -0.316 e. The summed E-state index contributed by atoms with van der Waals surface area (Å²) in [6.07, 6.45) is 2.54. The molecule has 1 aromatic carbocycles. The molecule has 1 atom stereocenters. The Kier molecular flexibility index (Phi) is 6.57. The monoisotopic (exact) mass is 336 g/mol. The van der Waals surface area contributed by atoms with Gasteiger partial charge in [-0.1, -0.05) is 19.1 Å². The van der Waals surface area contributed by atoms with Crippen molar-refractivity contribution in [1.29, 1.82) is 0 Å². The highest BCUT2D eigenvalue weighted by Crippen LogP contribution is 2.13. The lowest BCUT2D eigenvalue weighted by molar-refractivity contribution is 0.206. The molecule has 1 aliphatic heterocycles. The van der Waals surface area contributed by atoms with Crippen LogP contribution in [0.4, 0.5) is 0 Å². The van der Waals surface area contributed by atoms with E-state index in [4.69, 9.17) is 0 Å². The Hall–Kier alpha value is -1.43. The van der Waals surface area contributed by atoms with Gasteiger partial charge in [-0.3, -0.25) is 9.69 Å². The van der Waals surface area contributed by atoms with Crippen LogP contribution in [0.3, 0.4) is 0 Å². The van der Waals surface area contributed by atoms with Gasteiger partial charge in [-0.15, -0.1) is 12.4 Å². The summed E-state index contributed by atoms with van der Waals surface area (Å²) in [4.78, 5) is 22.0. The molecule has 6 heteroatoms. The molecular weight excluding hydrogens is 312 g/mol. The van der Waals surface area contributed by atoms with E-state index < -0.39 is 0 Å². The number of rotatable bonds is 5. The molecule has 1 unspecified atom stereocenters. The molecule has 2 heterocycles. The molecule has 23 heavy (non-hydrogen) atoms. The molecule has 0 amide bonds. The van der Waals surface area contributed by atoms with Gasteiger partial charge in [0.2, 0.25) is 0 Å². The second-order valence-electron chi connectivity index (χ2n) is 6.07. The highest BCUT2D eigenvalue weighted by molar-refractivity contribution is 5.85. The second-order valence-corrected chi connectivity index (χ2v) is 6.07. The van der Waals surface area contributed by atoms with Crippen molar-refractivity contribution in [2.75, 3.05) is 26.2 Å². The first-order chi connectivity index (χ1) is 10.8. The Bertz CT molecular complexity index is 682. The molecule has 0 bridgehead atoms. The van der Waals surface area contributed by atoms with Crippen molar-refractivity contribution in [3.8, 4) is 0 Å². The van der Waals surface area contributed by atoms with Gasteiger partial charge in [0.1, 0.15) is 5.82 Å². The van der Waals surface area contributed by atoms with Gasteiger partial charge in [-0.25, -0.2) is 4.98 Å². The van der Waals surface area contributed by atoms with Gasteiger partial charge in [-0.2, -0.15) is 0 Å². The van der Waals surface area contributed by atoms with Crippen LogP contribution in [0, 0.1) is 5.92 Å². The molecule has 5 nitrogen and oxygen atoms in total. The van der Waals surface area contributed by atoms with Gasteiger partial charge in [0.05, 0.1) is 17.4 Å². The van der Waals surface area contributed by atoms with E-state index in [-0.39, 0.29) is 18.0 Å². The van der Waals surface area contributed by atoms with Crippen LogP contribution in [0.1, 0.15) is 25.6 Å². The highest BCUT2D eigenvalue weighted by Gasteiger charge is 2.17. The number of fused-ring (bicyclic) bond motifs is 1. The number of benzene rings is 1. The maximum Gasteiger partial charge on any atom is 0.258 e. The van der Waals surface area contributed by atoms with Crippen molar-refractivity contribution >= 4 is 23.3 Å². The quantitative estimate of drug-likeness (QED) is 0.878. The molecule has 0 spiro atoms. The number of aromatic amines is 1. The Morgan fingerprint density at radius 2 is 2.17 bits per heavy atom. The van der Waals surface area contributed by atoms with E-state index in [1.165, 1.54) is 12.8 Å². The third kappa shape index (κ3) is 4.53. The minimum absolute atomic E-state index is 0. The van der Waals surface area contributed by atoms with E-state index in [0.29, 0.717) is 17.8 Å². The third-order valence-corrected chi connectivity index (χ3v) is 4.40. The topological polar surface area (TPSA) is 61.0 Å². The largest absolute Gasteiger partial charge is 0.316 e. The van der Waals surface area contributed by atoms with Crippen molar-refractivity contribution in [3.63, 3.8) is 0 Å². The number of halogens is 1. The number of nitrogens with one attached hydrogen (secondary N) is 2. The zero-order valence-electron chi connectivity index (χ0n) is 13.5. The Balaban J connectivity index is 0.00000192. The predicted molar refractivity (Wildman–Crippen MR) is 96.2 cm³/mol. The molecule has 2 aromatic rings. The smallest absolute Gasteiger partial charge is 0.258 e. The number of piperidine rings is 1. The SMILES string of the molecule is CCN(Cc1nc2ccccc2c(=O)[nH]1)CC1CCCNC1.Cl. The number of para-hydroxylation sites is 1. The van der Waals surface area contributed by atoms with E-state index in [2.05, 4.69) is 27.1 Å². The first-order valence-electron chi connectivity index (χ1n) is 8.17. The van der Waals surface area contributed by atoms with Crippen molar-refractivity contribution in [1.82, 2.24) is 20.2 Å². The number of nitrogens with zero attached hydrogens (tertiary/aromatic N) is 2. The lowest BCUT2D eigenvalue weighted by Crippen LogP contribution is -2.38. The molecule has 0 saturated carbocycles. The molecular formula is C17H25ClN4O. The maximum absolute atomic E-state index is 12.1. The van der Waals surface area contributed by atoms with Crippen molar-refractivity contribution in [2.45, 2.75) is 26.3 Å². The van der Waals surface area contributed by atoms with Crippen LogP contribution in [0.25, 0.3) is 10.9 Å². The summed E-state index contributed by atoms with van der Waals surface area (Å²) in [5.74, 6) is 1.45. The normalized spacial score (nSPS) is 18.1. The van der Waals surface area contributed by atoms with Gasteiger partial charge < -0.3 is 10.3 Å². The molecule has 0 radical (unpaired) electrons. The van der Waals surface area contributed by atoms with Gasteiger partial charge in [0, 0.05) is 6.54 Å². The molecule has 1 aliphatic rings. The van der Waals surface area contributed by atoms with Crippen molar-refractivity contribution in [2.24, 2.45) is 5.92 Å². The van der Waals surface area contributed by atoms with Crippen LogP contribution < -0.4 is 10.9 Å². The van der Waals surface area contributed by atoms with Gasteiger partial charge in [-0.05, 0) is 50.5 Å². The molecule has 0 aliphatic carbocycles. The summed E-state index contributed by atoms with van der Waals surface area (Å²) in [5.41, 5.74) is 0.729. The van der Waals surface area contributed by atoms with Crippen LogP contribution in [0.5, 0.6) is 0 Å². The first kappa shape index (κ1) is 17.9. The fourth-order valence-corrected chi connectivity index (χ4v) is 3.17. The molecule has 1 aromatic heterocycles.